The summed E-state index contributed by atoms with van der Waals surface area (Å²) in [7, 11) is 3.35. The van der Waals surface area contributed by atoms with Gasteiger partial charge in [0.15, 0.2) is 0 Å². The summed E-state index contributed by atoms with van der Waals surface area (Å²) >= 11 is 0. The van der Waals surface area contributed by atoms with Crippen LogP contribution in [0.4, 0.5) is 4.39 Å². The third kappa shape index (κ3) is 2.87. The van der Waals surface area contributed by atoms with Crippen LogP contribution >= 0.6 is 0 Å². The first-order valence-electron chi connectivity index (χ1n) is 6.46. The third-order valence-corrected chi connectivity index (χ3v) is 3.47. The average Bonchev–Trinajstić information content (AvgIpc) is 2.86. The number of benzene rings is 1. The molecule has 0 aliphatic carbocycles. The fraction of sp³-hybridized carbons (Fsp3) is 0.500. The van der Waals surface area contributed by atoms with Gasteiger partial charge in [0.2, 0.25) is 0 Å². The molecule has 104 valence electrons. The molecule has 1 fully saturated rings. The summed E-state index contributed by atoms with van der Waals surface area (Å²) in [5.74, 6) is -0.163. The van der Waals surface area contributed by atoms with E-state index in [2.05, 4.69) is 5.32 Å². The van der Waals surface area contributed by atoms with Crippen molar-refractivity contribution < 1.29 is 13.9 Å². The number of likely N-dealkylation sites (tertiary alicyclic amines) is 1. The Kier molecular flexibility index (Phi) is 4.37. The average molecular weight is 266 g/mol. The molecule has 1 aliphatic rings. The van der Waals surface area contributed by atoms with Crippen molar-refractivity contribution in [3.63, 3.8) is 0 Å². The second kappa shape index (κ2) is 6.02. The summed E-state index contributed by atoms with van der Waals surface area (Å²) in [6.07, 6.45) is 1.96. The van der Waals surface area contributed by atoms with Gasteiger partial charge in [0.05, 0.1) is 12.7 Å². The maximum absolute atomic E-state index is 13.3. The SMILES string of the molecule is CNCC1CCCN1C(=O)c1cc(F)ccc1OC. The molecule has 0 aromatic heterocycles. The predicted molar refractivity (Wildman–Crippen MR) is 70.9 cm³/mol. The lowest BCUT2D eigenvalue weighted by Crippen LogP contribution is -2.41. The van der Waals surface area contributed by atoms with Gasteiger partial charge in [-0.05, 0) is 38.1 Å². The minimum absolute atomic E-state index is 0.158. The van der Waals surface area contributed by atoms with Gasteiger partial charge in [0.25, 0.3) is 5.91 Å². The summed E-state index contributed by atoms with van der Waals surface area (Å²) in [6.45, 7) is 1.47. The van der Waals surface area contributed by atoms with E-state index in [4.69, 9.17) is 4.74 Å². The molecule has 1 N–H and O–H groups in total. The van der Waals surface area contributed by atoms with Crippen LogP contribution in [0.1, 0.15) is 23.2 Å². The molecule has 5 heteroatoms. The molecule has 1 atom stereocenters. The second-order valence-electron chi connectivity index (χ2n) is 4.70. The number of hydrogen-bond donors (Lipinski definition) is 1. The molecule has 1 amide bonds. The van der Waals surface area contributed by atoms with E-state index in [0.29, 0.717) is 17.9 Å². The zero-order chi connectivity index (χ0) is 13.8. The van der Waals surface area contributed by atoms with Crippen molar-refractivity contribution in [3.8, 4) is 5.75 Å². The molecular weight excluding hydrogens is 247 g/mol. The molecule has 1 heterocycles. The van der Waals surface area contributed by atoms with Gasteiger partial charge >= 0.3 is 0 Å². The summed E-state index contributed by atoms with van der Waals surface area (Å²) in [4.78, 5) is 14.3. The zero-order valence-electron chi connectivity index (χ0n) is 11.3. The lowest BCUT2D eigenvalue weighted by molar-refractivity contribution is 0.0733. The summed E-state index contributed by atoms with van der Waals surface area (Å²) in [6, 6.07) is 4.21. The first-order chi connectivity index (χ1) is 9.17. The number of likely N-dealkylation sites (N-methyl/N-ethyl adjacent to an activating group) is 1. The Morgan fingerprint density at radius 3 is 3.05 bits per heavy atom. The van der Waals surface area contributed by atoms with Gasteiger partial charge in [-0.25, -0.2) is 4.39 Å². The summed E-state index contributed by atoms with van der Waals surface area (Å²) < 4.78 is 18.5. The quantitative estimate of drug-likeness (QED) is 0.901. The lowest BCUT2D eigenvalue weighted by atomic mass is 10.1. The van der Waals surface area contributed by atoms with Crippen LogP contribution in [0.15, 0.2) is 18.2 Å². The fourth-order valence-corrected chi connectivity index (χ4v) is 2.55. The maximum atomic E-state index is 13.3. The molecule has 0 spiro atoms. The van der Waals surface area contributed by atoms with Gasteiger partial charge in [0, 0.05) is 19.1 Å². The second-order valence-corrected chi connectivity index (χ2v) is 4.70. The van der Waals surface area contributed by atoms with Gasteiger partial charge in [0.1, 0.15) is 11.6 Å². The Hall–Kier alpha value is -1.62. The minimum atomic E-state index is -0.423. The highest BCUT2D eigenvalue weighted by Crippen LogP contribution is 2.25. The molecule has 0 saturated carbocycles. The van der Waals surface area contributed by atoms with E-state index in [1.54, 1.807) is 4.90 Å². The number of nitrogens with one attached hydrogen (secondary N) is 1. The highest BCUT2D eigenvalue weighted by Gasteiger charge is 2.30. The number of halogens is 1. The maximum Gasteiger partial charge on any atom is 0.258 e. The molecule has 1 unspecified atom stereocenters. The van der Waals surface area contributed by atoms with Crippen molar-refractivity contribution in [1.29, 1.82) is 0 Å². The number of nitrogens with zero attached hydrogens (tertiary/aromatic N) is 1. The van der Waals surface area contributed by atoms with Gasteiger partial charge in [-0.1, -0.05) is 0 Å². The van der Waals surface area contributed by atoms with Crippen LogP contribution in [0.2, 0.25) is 0 Å². The number of amides is 1. The monoisotopic (exact) mass is 266 g/mol. The van der Waals surface area contributed by atoms with Crippen LogP contribution in [0.3, 0.4) is 0 Å². The summed E-state index contributed by atoms with van der Waals surface area (Å²) in [5.41, 5.74) is 0.297. The Bertz CT molecular complexity index is 465. The van der Waals surface area contributed by atoms with Crippen LogP contribution in [0.25, 0.3) is 0 Å². The topological polar surface area (TPSA) is 41.6 Å². The number of hydrogen-bond acceptors (Lipinski definition) is 3. The Morgan fingerprint density at radius 1 is 1.58 bits per heavy atom. The Balaban J connectivity index is 2.25. The fourth-order valence-electron chi connectivity index (χ4n) is 2.55. The van der Waals surface area contributed by atoms with E-state index in [-0.39, 0.29) is 11.9 Å². The van der Waals surface area contributed by atoms with E-state index in [9.17, 15) is 9.18 Å². The van der Waals surface area contributed by atoms with Crippen molar-refractivity contribution in [3.05, 3.63) is 29.6 Å². The largest absolute Gasteiger partial charge is 0.496 e. The van der Waals surface area contributed by atoms with E-state index in [1.807, 2.05) is 7.05 Å². The van der Waals surface area contributed by atoms with E-state index < -0.39 is 5.82 Å². The predicted octanol–water partition coefficient (Wildman–Crippen LogP) is 1.66. The van der Waals surface area contributed by atoms with Crippen molar-refractivity contribution in [1.82, 2.24) is 10.2 Å². The van der Waals surface area contributed by atoms with Crippen molar-refractivity contribution in [2.24, 2.45) is 0 Å². The summed E-state index contributed by atoms with van der Waals surface area (Å²) in [5, 5.41) is 3.09. The zero-order valence-corrected chi connectivity index (χ0v) is 11.3. The molecule has 0 radical (unpaired) electrons. The molecule has 1 saturated heterocycles. The van der Waals surface area contributed by atoms with Gasteiger partial charge < -0.3 is 15.0 Å². The van der Waals surface area contributed by atoms with Crippen molar-refractivity contribution in [2.75, 3.05) is 27.2 Å². The molecule has 1 aromatic rings. The van der Waals surface area contributed by atoms with E-state index in [0.717, 1.165) is 19.4 Å². The standard InChI is InChI=1S/C14H19FN2O2/c1-16-9-11-4-3-7-17(11)14(18)12-8-10(15)5-6-13(12)19-2/h5-6,8,11,16H,3-4,7,9H2,1-2H3. The molecule has 1 aliphatic heterocycles. The van der Waals surface area contributed by atoms with Crippen LogP contribution in [0, 0.1) is 5.82 Å². The number of ether oxygens (including phenoxy) is 1. The lowest BCUT2D eigenvalue weighted by Gasteiger charge is -2.25. The van der Waals surface area contributed by atoms with E-state index >= 15 is 0 Å². The molecule has 2 rings (SSSR count). The number of carbonyl (C=O) groups is 1. The van der Waals surface area contributed by atoms with Gasteiger partial charge in [-0.3, -0.25) is 4.79 Å². The first kappa shape index (κ1) is 13.8. The van der Waals surface area contributed by atoms with E-state index in [1.165, 1.54) is 25.3 Å². The molecule has 4 nitrogen and oxygen atoms in total. The van der Waals surface area contributed by atoms with Crippen LogP contribution < -0.4 is 10.1 Å². The van der Waals surface area contributed by atoms with Gasteiger partial charge in [-0.2, -0.15) is 0 Å². The van der Waals surface area contributed by atoms with Crippen LogP contribution in [0.5, 0.6) is 5.75 Å². The number of methoxy groups -OCH3 is 1. The normalized spacial score (nSPS) is 18.7. The number of rotatable bonds is 4. The first-order valence-corrected chi connectivity index (χ1v) is 6.46. The highest BCUT2D eigenvalue weighted by molar-refractivity contribution is 5.97. The third-order valence-electron chi connectivity index (χ3n) is 3.47. The molecule has 0 bridgehead atoms. The number of carbonyl (C=O) groups excluding carboxylic acids is 1. The van der Waals surface area contributed by atoms with Crippen LogP contribution in [-0.4, -0.2) is 44.1 Å². The minimum Gasteiger partial charge on any atom is -0.496 e. The van der Waals surface area contributed by atoms with Crippen molar-refractivity contribution in [2.45, 2.75) is 18.9 Å². The smallest absolute Gasteiger partial charge is 0.258 e. The van der Waals surface area contributed by atoms with Gasteiger partial charge in [-0.15, -0.1) is 0 Å². The molecular formula is C14H19FN2O2. The van der Waals surface area contributed by atoms with Crippen LogP contribution in [-0.2, 0) is 0 Å². The molecule has 1 aromatic carbocycles. The van der Waals surface area contributed by atoms with Crippen molar-refractivity contribution >= 4 is 5.91 Å². The highest BCUT2D eigenvalue weighted by atomic mass is 19.1. The Morgan fingerprint density at radius 2 is 2.37 bits per heavy atom. The molecule has 19 heavy (non-hydrogen) atoms. The Labute approximate surface area is 112 Å².